The molecule has 0 radical (unpaired) electrons. The number of anilines is 1. The zero-order valence-corrected chi connectivity index (χ0v) is 11.7. The molecular weight excluding hydrogens is 238 g/mol. The Morgan fingerprint density at radius 1 is 1.35 bits per heavy atom. The van der Waals surface area contributed by atoms with E-state index in [-0.39, 0.29) is 12.2 Å². The third-order valence-electron chi connectivity index (χ3n) is 3.17. The molecule has 5 heteroatoms. The molecule has 0 bridgehead atoms. The standard InChI is InChI=1S/C12H20ClN3O/c1-8-6-16(7-9(2)17-8)12-11(5-13)10(3)14-15(12)4/h8-9H,5-7H2,1-4H3. The first-order chi connectivity index (χ1) is 8.02. The van der Waals surface area contributed by atoms with Gasteiger partial charge in [0.25, 0.3) is 0 Å². The molecule has 2 unspecified atom stereocenters. The number of rotatable bonds is 2. The van der Waals surface area contributed by atoms with Gasteiger partial charge >= 0.3 is 0 Å². The second kappa shape index (κ2) is 4.86. The molecule has 2 heterocycles. The van der Waals surface area contributed by atoms with E-state index in [0.717, 1.165) is 30.2 Å². The van der Waals surface area contributed by atoms with Gasteiger partial charge in [0.2, 0.25) is 0 Å². The minimum Gasteiger partial charge on any atom is -0.372 e. The van der Waals surface area contributed by atoms with E-state index in [1.165, 1.54) is 0 Å². The van der Waals surface area contributed by atoms with Crippen molar-refractivity contribution in [2.75, 3.05) is 18.0 Å². The third-order valence-corrected chi connectivity index (χ3v) is 3.43. The van der Waals surface area contributed by atoms with Gasteiger partial charge in [-0.05, 0) is 20.8 Å². The van der Waals surface area contributed by atoms with Gasteiger partial charge in [0.15, 0.2) is 0 Å². The monoisotopic (exact) mass is 257 g/mol. The average molecular weight is 258 g/mol. The summed E-state index contributed by atoms with van der Waals surface area (Å²) in [6, 6.07) is 0. The largest absolute Gasteiger partial charge is 0.372 e. The van der Waals surface area contributed by atoms with E-state index in [9.17, 15) is 0 Å². The van der Waals surface area contributed by atoms with E-state index in [0.29, 0.717) is 5.88 Å². The summed E-state index contributed by atoms with van der Waals surface area (Å²) in [6.07, 6.45) is 0.495. The molecule has 0 aromatic carbocycles. The van der Waals surface area contributed by atoms with Crippen molar-refractivity contribution in [2.24, 2.45) is 7.05 Å². The van der Waals surface area contributed by atoms with Crippen LogP contribution in [0.4, 0.5) is 5.82 Å². The zero-order valence-electron chi connectivity index (χ0n) is 10.9. The van der Waals surface area contributed by atoms with E-state index in [1.807, 2.05) is 18.7 Å². The van der Waals surface area contributed by atoms with Crippen LogP contribution in [0, 0.1) is 6.92 Å². The van der Waals surface area contributed by atoms with Crippen molar-refractivity contribution in [3.8, 4) is 0 Å². The van der Waals surface area contributed by atoms with Gasteiger partial charge < -0.3 is 9.64 Å². The predicted molar refractivity (Wildman–Crippen MR) is 69.7 cm³/mol. The molecule has 17 heavy (non-hydrogen) atoms. The highest BCUT2D eigenvalue weighted by Crippen LogP contribution is 2.27. The minimum absolute atomic E-state index is 0.247. The molecule has 1 saturated heterocycles. The molecule has 1 fully saturated rings. The number of alkyl halides is 1. The van der Waals surface area contributed by atoms with Gasteiger partial charge in [-0.3, -0.25) is 4.68 Å². The molecule has 2 rings (SSSR count). The molecule has 4 nitrogen and oxygen atoms in total. The lowest BCUT2D eigenvalue weighted by molar-refractivity contribution is -0.00568. The lowest BCUT2D eigenvalue weighted by Crippen LogP contribution is -2.46. The van der Waals surface area contributed by atoms with Crippen molar-refractivity contribution in [2.45, 2.75) is 38.9 Å². The maximum absolute atomic E-state index is 6.03. The fourth-order valence-corrected chi connectivity index (χ4v) is 2.91. The molecule has 1 aromatic heterocycles. The van der Waals surface area contributed by atoms with Crippen molar-refractivity contribution in [1.82, 2.24) is 9.78 Å². The van der Waals surface area contributed by atoms with Crippen molar-refractivity contribution in [3.05, 3.63) is 11.3 Å². The summed E-state index contributed by atoms with van der Waals surface area (Å²) < 4.78 is 7.68. The topological polar surface area (TPSA) is 30.3 Å². The number of aromatic nitrogens is 2. The number of aryl methyl sites for hydroxylation is 2. The molecule has 2 atom stereocenters. The maximum Gasteiger partial charge on any atom is 0.131 e. The molecule has 0 N–H and O–H groups in total. The summed E-state index contributed by atoms with van der Waals surface area (Å²) in [6.45, 7) is 8.01. The van der Waals surface area contributed by atoms with Crippen LogP contribution in [0.2, 0.25) is 0 Å². The predicted octanol–water partition coefficient (Wildman–Crippen LogP) is 2.08. The highest BCUT2D eigenvalue weighted by molar-refractivity contribution is 6.17. The summed E-state index contributed by atoms with van der Waals surface area (Å²) in [7, 11) is 1.98. The fraction of sp³-hybridized carbons (Fsp3) is 0.750. The van der Waals surface area contributed by atoms with Crippen LogP contribution >= 0.6 is 11.6 Å². The lowest BCUT2D eigenvalue weighted by atomic mass is 10.2. The number of halogens is 1. The molecule has 0 spiro atoms. The normalized spacial score (nSPS) is 25.4. The van der Waals surface area contributed by atoms with Crippen molar-refractivity contribution in [1.29, 1.82) is 0 Å². The molecule has 1 aromatic rings. The van der Waals surface area contributed by atoms with Crippen LogP contribution in [0.15, 0.2) is 0 Å². The summed E-state index contributed by atoms with van der Waals surface area (Å²) >= 11 is 6.03. The molecule has 0 saturated carbocycles. The second-order valence-electron chi connectivity index (χ2n) is 4.81. The molecule has 0 amide bonds. The van der Waals surface area contributed by atoms with Gasteiger partial charge in [-0.25, -0.2) is 0 Å². The first-order valence-corrected chi connectivity index (χ1v) is 6.55. The average Bonchev–Trinajstić information content (AvgIpc) is 2.51. The van der Waals surface area contributed by atoms with Crippen LogP contribution in [0.3, 0.4) is 0 Å². The Bertz CT molecular complexity index is 395. The lowest BCUT2D eigenvalue weighted by Gasteiger charge is -2.37. The van der Waals surface area contributed by atoms with Crippen molar-refractivity contribution in [3.63, 3.8) is 0 Å². The van der Waals surface area contributed by atoms with E-state index in [4.69, 9.17) is 16.3 Å². The number of nitrogens with zero attached hydrogens (tertiary/aromatic N) is 3. The van der Waals surface area contributed by atoms with E-state index in [2.05, 4.69) is 23.8 Å². The van der Waals surface area contributed by atoms with Gasteiger partial charge in [-0.2, -0.15) is 5.10 Å². The Kier molecular flexibility index (Phi) is 3.64. The van der Waals surface area contributed by atoms with Crippen LogP contribution in [-0.4, -0.2) is 35.1 Å². The van der Waals surface area contributed by atoms with Gasteiger partial charge in [-0.15, -0.1) is 11.6 Å². The number of morpholine rings is 1. The molecule has 96 valence electrons. The summed E-state index contributed by atoms with van der Waals surface area (Å²) in [5, 5.41) is 4.46. The Balaban J connectivity index is 2.32. The van der Waals surface area contributed by atoms with Crippen LogP contribution in [0.25, 0.3) is 0 Å². The molecule has 1 aliphatic heterocycles. The van der Waals surface area contributed by atoms with Gasteiger partial charge in [0, 0.05) is 25.7 Å². The Morgan fingerprint density at radius 3 is 2.47 bits per heavy atom. The van der Waals surface area contributed by atoms with Crippen molar-refractivity contribution < 1.29 is 4.74 Å². The van der Waals surface area contributed by atoms with E-state index in [1.54, 1.807) is 0 Å². The van der Waals surface area contributed by atoms with Crippen molar-refractivity contribution >= 4 is 17.4 Å². The van der Waals surface area contributed by atoms with Crippen LogP contribution in [-0.2, 0) is 17.7 Å². The van der Waals surface area contributed by atoms with Gasteiger partial charge in [0.1, 0.15) is 5.82 Å². The smallest absolute Gasteiger partial charge is 0.131 e. The number of ether oxygens (including phenoxy) is 1. The zero-order chi connectivity index (χ0) is 12.6. The third kappa shape index (κ3) is 2.43. The van der Waals surface area contributed by atoms with E-state index >= 15 is 0 Å². The Hall–Kier alpha value is -0.740. The summed E-state index contributed by atoms with van der Waals surface area (Å²) in [4.78, 5) is 2.33. The van der Waals surface area contributed by atoms with Crippen LogP contribution in [0.5, 0.6) is 0 Å². The molecular formula is C12H20ClN3O. The van der Waals surface area contributed by atoms with Crippen LogP contribution in [0.1, 0.15) is 25.1 Å². The maximum atomic E-state index is 6.03. The Morgan fingerprint density at radius 2 is 1.94 bits per heavy atom. The number of hydrogen-bond donors (Lipinski definition) is 0. The Labute approximate surface area is 107 Å². The fourth-order valence-electron chi connectivity index (χ4n) is 2.59. The summed E-state index contributed by atoms with van der Waals surface area (Å²) in [5.74, 6) is 1.65. The quantitative estimate of drug-likeness (QED) is 0.760. The highest BCUT2D eigenvalue weighted by atomic mass is 35.5. The summed E-state index contributed by atoms with van der Waals surface area (Å²) in [5.41, 5.74) is 2.15. The van der Waals surface area contributed by atoms with E-state index < -0.39 is 0 Å². The SMILES string of the molecule is Cc1nn(C)c(N2CC(C)OC(C)C2)c1CCl. The molecule has 0 aliphatic carbocycles. The first kappa shape index (κ1) is 12.7. The van der Waals surface area contributed by atoms with Crippen LogP contribution < -0.4 is 4.90 Å². The minimum atomic E-state index is 0.247. The first-order valence-electron chi connectivity index (χ1n) is 6.01. The molecule has 1 aliphatic rings. The van der Waals surface area contributed by atoms with Gasteiger partial charge in [0.05, 0.1) is 23.8 Å². The second-order valence-corrected chi connectivity index (χ2v) is 5.07. The van der Waals surface area contributed by atoms with Gasteiger partial charge in [-0.1, -0.05) is 0 Å². The highest BCUT2D eigenvalue weighted by Gasteiger charge is 2.26. The number of hydrogen-bond acceptors (Lipinski definition) is 3.